The first kappa shape index (κ1) is 14.3. The van der Waals surface area contributed by atoms with Gasteiger partial charge >= 0.3 is 0 Å². The minimum absolute atomic E-state index is 0.118. The number of hydrogen-bond acceptors (Lipinski definition) is 6. The van der Waals surface area contributed by atoms with E-state index in [9.17, 15) is 13.2 Å². The zero-order chi connectivity index (χ0) is 14.9. The summed E-state index contributed by atoms with van der Waals surface area (Å²) in [6.07, 6.45) is 0.910. The van der Waals surface area contributed by atoms with E-state index >= 15 is 0 Å². The fourth-order valence-electron chi connectivity index (χ4n) is 2.49. The van der Waals surface area contributed by atoms with Gasteiger partial charge in [0.25, 0.3) is 0 Å². The molecule has 0 radical (unpaired) electrons. The maximum absolute atomic E-state index is 12.3. The Morgan fingerprint density at radius 1 is 1.14 bits per heavy atom. The molecule has 0 saturated carbocycles. The van der Waals surface area contributed by atoms with Crippen LogP contribution in [0.4, 0.5) is 0 Å². The van der Waals surface area contributed by atoms with Crippen molar-refractivity contribution in [1.82, 2.24) is 0 Å². The van der Waals surface area contributed by atoms with Crippen molar-refractivity contribution in [2.75, 3.05) is 25.8 Å². The number of Topliss-reactive ketones (excluding diaryl/α,β-unsaturated/α-hetero) is 1. The molecule has 0 unspecified atom stereocenters. The molecule has 0 amide bonds. The van der Waals surface area contributed by atoms with E-state index in [2.05, 4.69) is 0 Å². The summed E-state index contributed by atoms with van der Waals surface area (Å²) in [5.41, 5.74) is 0.329. The molecule has 1 saturated heterocycles. The molecule has 0 aromatic heterocycles. The molecule has 21 heavy (non-hydrogen) atoms. The van der Waals surface area contributed by atoms with Crippen LogP contribution >= 0.6 is 0 Å². The molecule has 3 rings (SSSR count). The maximum atomic E-state index is 12.3. The van der Waals surface area contributed by atoms with Crippen LogP contribution in [0.2, 0.25) is 0 Å². The number of ether oxygens (including phenoxy) is 3. The highest BCUT2D eigenvalue weighted by Crippen LogP contribution is 2.32. The number of carbonyl (C=O) groups excluding carboxylic acids is 1. The maximum Gasteiger partial charge on any atom is 0.231 e. The van der Waals surface area contributed by atoms with Crippen molar-refractivity contribution in [3.8, 4) is 11.5 Å². The first-order valence-electron chi connectivity index (χ1n) is 6.78. The molecule has 0 spiro atoms. The summed E-state index contributed by atoms with van der Waals surface area (Å²) in [4.78, 5) is 12.2. The van der Waals surface area contributed by atoms with Gasteiger partial charge in [-0.05, 0) is 31.0 Å². The normalized spacial score (nSPS) is 18.7. The quantitative estimate of drug-likeness (QED) is 0.777. The van der Waals surface area contributed by atoms with E-state index in [1.54, 1.807) is 12.1 Å². The van der Waals surface area contributed by atoms with E-state index in [0.717, 1.165) is 0 Å². The van der Waals surface area contributed by atoms with Gasteiger partial charge in [0.2, 0.25) is 6.79 Å². The van der Waals surface area contributed by atoms with Gasteiger partial charge in [0.15, 0.2) is 27.1 Å². The summed E-state index contributed by atoms with van der Waals surface area (Å²) < 4.78 is 40.1. The third kappa shape index (κ3) is 3.03. The third-order valence-electron chi connectivity index (χ3n) is 3.70. The van der Waals surface area contributed by atoms with E-state index < -0.39 is 26.6 Å². The van der Waals surface area contributed by atoms with Crippen molar-refractivity contribution < 1.29 is 27.4 Å². The molecule has 6 nitrogen and oxygen atoms in total. The zero-order valence-corrected chi connectivity index (χ0v) is 12.2. The average molecular weight is 312 g/mol. The van der Waals surface area contributed by atoms with Crippen molar-refractivity contribution >= 4 is 15.6 Å². The lowest BCUT2D eigenvalue weighted by Gasteiger charge is -2.21. The van der Waals surface area contributed by atoms with Crippen molar-refractivity contribution in [2.45, 2.75) is 18.1 Å². The van der Waals surface area contributed by atoms with Crippen LogP contribution in [0.5, 0.6) is 11.5 Å². The van der Waals surface area contributed by atoms with Crippen LogP contribution in [0.15, 0.2) is 18.2 Å². The van der Waals surface area contributed by atoms with Crippen molar-refractivity contribution in [2.24, 2.45) is 0 Å². The summed E-state index contributed by atoms with van der Waals surface area (Å²) in [6, 6.07) is 4.72. The highest BCUT2D eigenvalue weighted by atomic mass is 32.2. The fraction of sp³-hybridized carbons (Fsp3) is 0.500. The lowest BCUT2D eigenvalue weighted by molar-refractivity contribution is 0.0971. The minimum Gasteiger partial charge on any atom is -0.454 e. The van der Waals surface area contributed by atoms with Crippen LogP contribution in [0.25, 0.3) is 0 Å². The molecule has 0 atom stereocenters. The molecular formula is C14H16O6S. The first-order valence-corrected chi connectivity index (χ1v) is 8.50. The summed E-state index contributed by atoms with van der Waals surface area (Å²) in [5.74, 6) is 0.153. The predicted octanol–water partition coefficient (Wildman–Crippen LogP) is 1.19. The van der Waals surface area contributed by atoms with Crippen LogP contribution in [0.1, 0.15) is 23.2 Å². The van der Waals surface area contributed by atoms with Crippen molar-refractivity contribution in [3.05, 3.63) is 23.8 Å². The number of fused-ring (bicyclic) bond motifs is 1. The highest BCUT2D eigenvalue weighted by Gasteiger charge is 2.30. The Morgan fingerprint density at radius 3 is 2.62 bits per heavy atom. The molecule has 1 fully saturated rings. The van der Waals surface area contributed by atoms with E-state index in [1.165, 1.54) is 6.07 Å². The number of carbonyl (C=O) groups is 1. The number of ketones is 1. The summed E-state index contributed by atoms with van der Waals surface area (Å²) in [7, 11) is -3.45. The molecule has 1 aromatic carbocycles. The van der Waals surface area contributed by atoms with Crippen LogP contribution in [-0.2, 0) is 14.6 Å². The molecule has 0 aliphatic carbocycles. The van der Waals surface area contributed by atoms with Gasteiger partial charge in [-0.1, -0.05) is 0 Å². The molecule has 2 aliphatic rings. The van der Waals surface area contributed by atoms with Gasteiger partial charge in [0.05, 0.1) is 5.25 Å². The molecule has 0 bridgehead atoms. The second-order valence-electron chi connectivity index (χ2n) is 5.11. The van der Waals surface area contributed by atoms with Crippen molar-refractivity contribution in [3.63, 3.8) is 0 Å². The van der Waals surface area contributed by atoms with Crippen LogP contribution in [-0.4, -0.2) is 45.2 Å². The van der Waals surface area contributed by atoms with Crippen molar-refractivity contribution in [1.29, 1.82) is 0 Å². The Hall–Kier alpha value is -1.60. The third-order valence-corrected chi connectivity index (χ3v) is 5.85. The largest absolute Gasteiger partial charge is 0.454 e. The highest BCUT2D eigenvalue weighted by molar-refractivity contribution is 7.92. The van der Waals surface area contributed by atoms with Gasteiger partial charge in [-0.3, -0.25) is 4.79 Å². The van der Waals surface area contributed by atoms with E-state index in [-0.39, 0.29) is 6.79 Å². The molecule has 2 aliphatic heterocycles. The number of hydrogen-bond donors (Lipinski definition) is 0. The Balaban J connectivity index is 1.73. The molecule has 2 heterocycles. The summed E-state index contributed by atoms with van der Waals surface area (Å²) >= 11 is 0. The number of benzene rings is 1. The zero-order valence-electron chi connectivity index (χ0n) is 11.4. The van der Waals surface area contributed by atoms with Gasteiger partial charge in [-0.15, -0.1) is 0 Å². The van der Waals surface area contributed by atoms with Gasteiger partial charge in [-0.25, -0.2) is 8.42 Å². The smallest absolute Gasteiger partial charge is 0.231 e. The fourth-order valence-corrected chi connectivity index (χ4v) is 4.17. The van der Waals surface area contributed by atoms with Gasteiger partial charge in [-0.2, -0.15) is 0 Å². The first-order chi connectivity index (χ1) is 10.1. The molecular weight excluding hydrogens is 296 g/mol. The Labute approximate surface area is 122 Å². The average Bonchev–Trinajstić information content (AvgIpc) is 2.95. The Kier molecular flexibility index (Phi) is 3.86. The van der Waals surface area contributed by atoms with Gasteiger partial charge in [0.1, 0.15) is 5.75 Å². The van der Waals surface area contributed by atoms with Gasteiger partial charge < -0.3 is 14.2 Å². The SMILES string of the molecule is O=C(CS(=O)(=O)C1CCOCC1)c1ccc2c(c1)OCO2. The standard InChI is InChI=1S/C14H16O6S/c15-12(8-21(16,17)11-3-5-18-6-4-11)10-1-2-13-14(7-10)20-9-19-13/h1-2,7,11H,3-6,8-9H2. The monoisotopic (exact) mass is 312 g/mol. The Bertz CT molecular complexity index is 645. The Morgan fingerprint density at radius 2 is 1.86 bits per heavy atom. The minimum atomic E-state index is -3.45. The second kappa shape index (κ2) is 5.65. The predicted molar refractivity (Wildman–Crippen MR) is 74.5 cm³/mol. The van der Waals surface area contributed by atoms with Crippen LogP contribution < -0.4 is 9.47 Å². The molecule has 1 aromatic rings. The molecule has 7 heteroatoms. The van der Waals surface area contributed by atoms with E-state index in [1.807, 2.05) is 0 Å². The lowest BCUT2D eigenvalue weighted by atomic mass is 10.1. The summed E-state index contributed by atoms with van der Waals surface area (Å²) in [5, 5.41) is -0.482. The van der Waals surface area contributed by atoms with E-state index in [0.29, 0.717) is 43.1 Å². The lowest BCUT2D eigenvalue weighted by Crippen LogP contribution is -2.33. The van der Waals surface area contributed by atoms with E-state index in [4.69, 9.17) is 14.2 Å². The number of sulfone groups is 1. The second-order valence-corrected chi connectivity index (χ2v) is 7.39. The topological polar surface area (TPSA) is 78.9 Å². The van der Waals surface area contributed by atoms with Crippen LogP contribution in [0, 0.1) is 0 Å². The summed E-state index contributed by atoms with van der Waals surface area (Å²) in [6.45, 7) is 0.984. The molecule has 0 N–H and O–H groups in total. The molecule has 114 valence electrons. The van der Waals surface area contributed by atoms with Crippen LogP contribution in [0.3, 0.4) is 0 Å². The van der Waals surface area contributed by atoms with Gasteiger partial charge in [0, 0.05) is 18.8 Å². The number of rotatable bonds is 4.